The molecule has 0 spiro atoms. The summed E-state index contributed by atoms with van der Waals surface area (Å²) >= 11 is 5.81. The molecule has 1 aromatic rings. The van der Waals surface area contributed by atoms with Crippen molar-refractivity contribution >= 4 is 17.3 Å². The number of nitrogens with one attached hydrogen (secondary N) is 2. The summed E-state index contributed by atoms with van der Waals surface area (Å²) in [5.74, 6) is 1.81. The van der Waals surface area contributed by atoms with Gasteiger partial charge < -0.3 is 15.1 Å². The van der Waals surface area contributed by atoms with Crippen molar-refractivity contribution in [3.63, 3.8) is 0 Å². The predicted octanol–water partition coefficient (Wildman–Crippen LogP) is 2.09. The quantitative estimate of drug-likeness (QED) is 0.738. The average Bonchev–Trinajstić information content (AvgIpc) is 3.17. The molecule has 1 aromatic carbocycles. The molecule has 0 unspecified atom stereocenters. The van der Waals surface area contributed by atoms with Crippen molar-refractivity contribution in [2.75, 3.05) is 27.2 Å². The summed E-state index contributed by atoms with van der Waals surface area (Å²) in [6.45, 7) is 3.13. The minimum atomic E-state index is 0.619. The second-order valence-corrected chi connectivity index (χ2v) is 8.34. The van der Waals surface area contributed by atoms with Crippen molar-refractivity contribution in [1.29, 1.82) is 0 Å². The van der Waals surface area contributed by atoms with Crippen LogP contribution < -0.4 is 10.2 Å². The van der Waals surface area contributed by atoms with Crippen LogP contribution in [0.25, 0.3) is 0 Å². The number of quaternary nitrogens is 1. The van der Waals surface area contributed by atoms with Crippen LogP contribution in [-0.4, -0.2) is 43.2 Å². The molecule has 0 aromatic heterocycles. The zero-order chi connectivity index (χ0) is 16.9. The summed E-state index contributed by atoms with van der Waals surface area (Å²) < 4.78 is 0. The number of thiocarbonyl (C=S) groups is 1. The highest BCUT2D eigenvalue weighted by atomic mass is 32.1. The lowest BCUT2D eigenvalue weighted by Gasteiger charge is -2.31. The Morgan fingerprint density at radius 3 is 2.62 bits per heavy atom. The summed E-state index contributed by atoms with van der Waals surface area (Å²) in [7, 11) is 4.43. The highest BCUT2D eigenvalue weighted by molar-refractivity contribution is 7.80. The summed E-state index contributed by atoms with van der Waals surface area (Å²) in [5.41, 5.74) is 1.34. The first-order valence-corrected chi connectivity index (χ1v) is 9.91. The number of hydrogen-bond acceptors (Lipinski definition) is 1. The smallest absolute Gasteiger partial charge is 0.169 e. The normalized spacial score (nSPS) is 25.2. The SMILES string of the molecule is C[NH+](C)CCCN(Cc1ccccc1)C(=S)N[C@@H]1C[C@H]2CC[C@@H]1C2. The molecule has 2 N–H and O–H groups in total. The Morgan fingerprint density at radius 2 is 2.00 bits per heavy atom. The molecule has 3 nitrogen and oxygen atoms in total. The molecule has 3 rings (SSSR count). The van der Waals surface area contributed by atoms with Gasteiger partial charge in [-0.05, 0) is 48.9 Å². The standard InChI is InChI=1S/C20H31N3S/c1-22(2)11-6-12-23(15-16-7-4-3-5-8-16)20(24)21-19-14-17-9-10-18(19)13-17/h3-5,7-8,17-19H,6,9-15H2,1-2H3,(H,21,24)/p+1/t17-,18+,19+/m0/s1. The van der Waals surface area contributed by atoms with Crippen LogP contribution in [0.2, 0.25) is 0 Å². The topological polar surface area (TPSA) is 19.7 Å². The summed E-state index contributed by atoms with van der Waals surface area (Å²) in [6.07, 6.45) is 6.76. The fraction of sp³-hybridized carbons (Fsp3) is 0.650. The van der Waals surface area contributed by atoms with E-state index in [1.165, 1.54) is 49.1 Å². The maximum atomic E-state index is 5.81. The second kappa shape index (κ2) is 8.30. The van der Waals surface area contributed by atoms with Gasteiger partial charge in [-0.1, -0.05) is 36.8 Å². The Morgan fingerprint density at radius 1 is 1.21 bits per heavy atom. The van der Waals surface area contributed by atoms with Crippen LogP contribution in [0, 0.1) is 11.8 Å². The van der Waals surface area contributed by atoms with E-state index in [2.05, 4.69) is 54.6 Å². The van der Waals surface area contributed by atoms with Crippen LogP contribution in [0.15, 0.2) is 30.3 Å². The van der Waals surface area contributed by atoms with E-state index < -0.39 is 0 Å². The third-order valence-corrected chi connectivity index (χ3v) is 6.03. The molecule has 0 saturated heterocycles. The molecule has 0 aliphatic heterocycles. The van der Waals surface area contributed by atoms with Crippen LogP contribution in [0.3, 0.4) is 0 Å². The van der Waals surface area contributed by atoms with Crippen molar-refractivity contribution < 1.29 is 4.90 Å². The molecular formula is C20H32N3S+. The summed E-state index contributed by atoms with van der Waals surface area (Å²) in [6, 6.07) is 11.3. The van der Waals surface area contributed by atoms with Crippen LogP contribution in [0.1, 0.15) is 37.7 Å². The number of hydrogen-bond donors (Lipinski definition) is 2. The van der Waals surface area contributed by atoms with E-state index in [4.69, 9.17) is 12.2 Å². The monoisotopic (exact) mass is 346 g/mol. The van der Waals surface area contributed by atoms with Crippen molar-refractivity contribution in [3.8, 4) is 0 Å². The van der Waals surface area contributed by atoms with Gasteiger partial charge in [0, 0.05) is 25.6 Å². The first-order valence-electron chi connectivity index (χ1n) is 9.50. The van der Waals surface area contributed by atoms with Crippen LogP contribution in [0.5, 0.6) is 0 Å². The second-order valence-electron chi connectivity index (χ2n) is 7.95. The zero-order valence-electron chi connectivity index (χ0n) is 15.1. The van der Waals surface area contributed by atoms with Crippen LogP contribution in [-0.2, 0) is 6.54 Å². The predicted molar refractivity (Wildman–Crippen MR) is 104 cm³/mol. The van der Waals surface area contributed by atoms with Crippen molar-refractivity contribution in [2.45, 2.75) is 44.7 Å². The molecule has 4 heteroatoms. The molecule has 132 valence electrons. The fourth-order valence-electron chi connectivity index (χ4n) is 4.35. The molecule has 2 fully saturated rings. The third kappa shape index (κ3) is 4.70. The van der Waals surface area contributed by atoms with Crippen molar-refractivity contribution in [1.82, 2.24) is 10.2 Å². The van der Waals surface area contributed by atoms with Gasteiger partial charge in [0.1, 0.15) is 0 Å². The Hall–Kier alpha value is -1.13. The van der Waals surface area contributed by atoms with E-state index in [0.29, 0.717) is 6.04 Å². The Labute approximate surface area is 152 Å². The molecule has 2 aliphatic rings. The maximum Gasteiger partial charge on any atom is 0.169 e. The van der Waals surface area contributed by atoms with E-state index in [0.717, 1.165) is 30.0 Å². The molecule has 3 atom stereocenters. The molecule has 2 aliphatic carbocycles. The third-order valence-electron chi connectivity index (χ3n) is 5.66. The van der Waals surface area contributed by atoms with E-state index >= 15 is 0 Å². The molecule has 2 saturated carbocycles. The maximum absolute atomic E-state index is 5.81. The van der Waals surface area contributed by atoms with Crippen LogP contribution in [0.4, 0.5) is 0 Å². The average molecular weight is 347 g/mol. The van der Waals surface area contributed by atoms with Gasteiger partial charge in [0.05, 0.1) is 20.6 Å². The number of benzene rings is 1. The van der Waals surface area contributed by atoms with E-state index in [9.17, 15) is 0 Å². The minimum absolute atomic E-state index is 0.619. The first-order chi connectivity index (χ1) is 11.6. The van der Waals surface area contributed by atoms with Gasteiger partial charge in [-0.2, -0.15) is 0 Å². The Kier molecular flexibility index (Phi) is 6.12. The molecule has 0 radical (unpaired) electrons. The summed E-state index contributed by atoms with van der Waals surface area (Å²) in [5, 5.41) is 4.68. The van der Waals surface area contributed by atoms with Gasteiger partial charge in [-0.25, -0.2) is 0 Å². The minimum Gasteiger partial charge on any atom is -0.360 e. The van der Waals surface area contributed by atoms with Gasteiger partial charge in [0.15, 0.2) is 5.11 Å². The van der Waals surface area contributed by atoms with Crippen molar-refractivity contribution in [3.05, 3.63) is 35.9 Å². The Bertz CT molecular complexity index is 531. The number of fused-ring (bicyclic) bond motifs is 2. The Balaban J connectivity index is 1.58. The molecule has 24 heavy (non-hydrogen) atoms. The first kappa shape index (κ1) is 17.7. The fourth-order valence-corrected chi connectivity index (χ4v) is 4.66. The van der Waals surface area contributed by atoms with Gasteiger partial charge in [-0.3, -0.25) is 0 Å². The molecule has 0 amide bonds. The van der Waals surface area contributed by atoms with E-state index in [1.807, 2.05) is 0 Å². The van der Waals surface area contributed by atoms with Gasteiger partial charge in [0.25, 0.3) is 0 Å². The van der Waals surface area contributed by atoms with Crippen LogP contribution >= 0.6 is 12.2 Å². The van der Waals surface area contributed by atoms with E-state index in [1.54, 1.807) is 0 Å². The lowest BCUT2D eigenvalue weighted by Crippen LogP contribution is -3.05. The highest BCUT2D eigenvalue weighted by Crippen LogP contribution is 2.44. The summed E-state index contributed by atoms with van der Waals surface area (Å²) in [4.78, 5) is 3.88. The lowest BCUT2D eigenvalue weighted by atomic mass is 9.95. The largest absolute Gasteiger partial charge is 0.360 e. The highest BCUT2D eigenvalue weighted by Gasteiger charge is 2.40. The zero-order valence-corrected chi connectivity index (χ0v) is 15.9. The number of nitrogens with zero attached hydrogens (tertiary/aromatic N) is 1. The molecule has 2 bridgehead atoms. The van der Waals surface area contributed by atoms with Gasteiger partial charge >= 0.3 is 0 Å². The van der Waals surface area contributed by atoms with Crippen molar-refractivity contribution in [2.24, 2.45) is 11.8 Å². The number of rotatable bonds is 7. The lowest BCUT2D eigenvalue weighted by molar-refractivity contribution is -0.858. The van der Waals surface area contributed by atoms with Gasteiger partial charge in [-0.15, -0.1) is 0 Å². The molecular weight excluding hydrogens is 314 g/mol. The van der Waals surface area contributed by atoms with Gasteiger partial charge in [0.2, 0.25) is 0 Å². The van der Waals surface area contributed by atoms with E-state index in [-0.39, 0.29) is 0 Å². The molecule has 0 heterocycles.